The first kappa shape index (κ1) is 14.3. The molecule has 0 amide bonds. The van der Waals surface area contributed by atoms with Gasteiger partial charge in [-0.2, -0.15) is 0 Å². The third kappa shape index (κ3) is 4.82. The van der Waals surface area contributed by atoms with Crippen molar-refractivity contribution < 1.29 is 9.47 Å². The maximum Gasteiger partial charge on any atom is 0.118 e. The lowest BCUT2D eigenvalue weighted by molar-refractivity contribution is 0.0708. The molecule has 1 fully saturated rings. The summed E-state index contributed by atoms with van der Waals surface area (Å²) < 4.78 is 10.6. The highest BCUT2D eigenvalue weighted by Crippen LogP contribution is 2.12. The number of benzene rings is 1. The summed E-state index contributed by atoms with van der Waals surface area (Å²) in [6, 6.07) is 8.78. The molecule has 1 heterocycles. The molecule has 0 spiro atoms. The molecule has 1 N–H and O–H groups in total. The van der Waals surface area contributed by atoms with Crippen LogP contribution >= 0.6 is 0 Å². The largest absolute Gasteiger partial charge is 0.497 e. The smallest absolute Gasteiger partial charge is 0.118 e. The van der Waals surface area contributed by atoms with Gasteiger partial charge in [0.2, 0.25) is 0 Å². The van der Waals surface area contributed by atoms with E-state index in [0.29, 0.717) is 6.04 Å². The van der Waals surface area contributed by atoms with Crippen molar-refractivity contribution in [3.8, 4) is 5.75 Å². The van der Waals surface area contributed by atoms with Gasteiger partial charge >= 0.3 is 0 Å². The van der Waals surface area contributed by atoms with E-state index in [0.717, 1.165) is 45.0 Å². The molecule has 0 aromatic heterocycles. The molecule has 0 aliphatic carbocycles. The Morgan fingerprint density at radius 2 is 2.16 bits per heavy atom. The lowest BCUT2D eigenvalue weighted by Gasteiger charge is -2.26. The average molecular weight is 264 g/mol. The number of rotatable bonds is 6. The number of ether oxygens (including phenoxy) is 2. The van der Waals surface area contributed by atoms with Crippen LogP contribution in [0.25, 0.3) is 0 Å². The zero-order valence-electron chi connectivity index (χ0n) is 11.9. The van der Waals surface area contributed by atoms with E-state index in [1.165, 1.54) is 5.56 Å². The molecule has 4 heteroatoms. The molecule has 1 aromatic carbocycles. The number of methoxy groups -OCH3 is 1. The van der Waals surface area contributed by atoms with Gasteiger partial charge in [0.1, 0.15) is 5.75 Å². The minimum atomic E-state index is 0.507. The Balaban J connectivity index is 1.71. The van der Waals surface area contributed by atoms with Crippen LogP contribution in [0.3, 0.4) is 0 Å². The molecule has 4 nitrogen and oxygen atoms in total. The highest BCUT2D eigenvalue weighted by Gasteiger charge is 2.13. The zero-order valence-corrected chi connectivity index (χ0v) is 11.9. The van der Waals surface area contributed by atoms with Crippen LogP contribution in [0.2, 0.25) is 0 Å². The second-order valence-electron chi connectivity index (χ2n) is 5.10. The van der Waals surface area contributed by atoms with Gasteiger partial charge in [0.25, 0.3) is 0 Å². The van der Waals surface area contributed by atoms with Gasteiger partial charge in [-0.3, -0.25) is 0 Å². The molecule has 1 aliphatic heterocycles. The number of hydrogen-bond acceptors (Lipinski definition) is 4. The van der Waals surface area contributed by atoms with Crippen LogP contribution in [0.5, 0.6) is 5.75 Å². The van der Waals surface area contributed by atoms with Crippen LogP contribution in [-0.2, 0) is 11.3 Å². The number of hydrogen-bond donors (Lipinski definition) is 1. The first-order valence-corrected chi connectivity index (χ1v) is 6.90. The molecule has 2 rings (SSSR count). The highest BCUT2D eigenvalue weighted by molar-refractivity contribution is 5.26. The van der Waals surface area contributed by atoms with Crippen LogP contribution in [0, 0.1) is 0 Å². The summed E-state index contributed by atoms with van der Waals surface area (Å²) in [5.74, 6) is 0.912. The quantitative estimate of drug-likeness (QED) is 0.844. The van der Waals surface area contributed by atoms with Gasteiger partial charge in [-0.1, -0.05) is 12.1 Å². The van der Waals surface area contributed by atoms with E-state index in [9.17, 15) is 0 Å². The number of nitrogens with one attached hydrogen (secondary N) is 1. The van der Waals surface area contributed by atoms with Crippen LogP contribution in [-0.4, -0.2) is 51.4 Å². The monoisotopic (exact) mass is 264 g/mol. The Kier molecular flexibility index (Phi) is 5.63. The van der Waals surface area contributed by atoms with Crippen molar-refractivity contribution in [2.24, 2.45) is 0 Å². The second-order valence-corrected chi connectivity index (χ2v) is 5.10. The van der Waals surface area contributed by atoms with E-state index in [1.807, 2.05) is 12.1 Å². The molecule has 106 valence electrons. The summed E-state index contributed by atoms with van der Waals surface area (Å²) in [6.45, 7) is 4.71. The third-order valence-electron chi connectivity index (χ3n) is 3.47. The topological polar surface area (TPSA) is 33.7 Å². The van der Waals surface area contributed by atoms with E-state index in [1.54, 1.807) is 7.11 Å². The van der Waals surface area contributed by atoms with Crippen molar-refractivity contribution in [1.29, 1.82) is 0 Å². The van der Waals surface area contributed by atoms with Gasteiger partial charge in [-0.05, 0) is 37.7 Å². The van der Waals surface area contributed by atoms with Crippen LogP contribution < -0.4 is 10.1 Å². The van der Waals surface area contributed by atoms with E-state index in [2.05, 4.69) is 29.4 Å². The fourth-order valence-corrected chi connectivity index (χ4v) is 2.30. The molecular formula is C15H24N2O2. The van der Waals surface area contributed by atoms with Crippen LogP contribution in [0.1, 0.15) is 12.0 Å². The highest BCUT2D eigenvalue weighted by atomic mass is 16.5. The lowest BCUT2D eigenvalue weighted by Crippen LogP contribution is -2.42. The Hall–Kier alpha value is -1.10. The molecule has 0 radical (unpaired) electrons. The summed E-state index contributed by atoms with van der Waals surface area (Å²) >= 11 is 0. The first-order valence-electron chi connectivity index (χ1n) is 6.90. The minimum Gasteiger partial charge on any atom is -0.497 e. The van der Waals surface area contributed by atoms with Crippen molar-refractivity contribution in [2.45, 2.75) is 19.0 Å². The molecule has 1 saturated heterocycles. The van der Waals surface area contributed by atoms with Crippen LogP contribution in [0.15, 0.2) is 24.3 Å². The Labute approximate surface area is 115 Å². The average Bonchev–Trinajstić information content (AvgIpc) is 2.47. The molecule has 0 saturated carbocycles. The fourth-order valence-electron chi connectivity index (χ4n) is 2.30. The van der Waals surface area contributed by atoms with Gasteiger partial charge in [0.15, 0.2) is 0 Å². The standard InChI is InChI=1S/C15H24N2O2/c1-17(9-7-14-12-19-10-8-16-14)11-13-3-5-15(18-2)6-4-13/h3-6,14,16H,7-12H2,1-2H3. The Bertz CT molecular complexity index is 361. The van der Waals surface area contributed by atoms with Gasteiger partial charge in [0.05, 0.1) is 20.3 Å². The number of nitrogens with zero attached hydrogens (tertiary/aromatic N) is 1. The molecule has 1 unspecified atom stereocenters. The van der Waals surface area contributed by atoms with Gasteiger partial charge in [-0.15, -0.1) is 0 Å². The maximum atomic E-state index is 5.46. The number of morpholine rings is 1. The predicted octanol–water partition coefficient (Wildman–Crippen LogP) is 1.51. The molecule has 1 aromatic rings. The van der Waals surface area contributed by atoms with Gasteiger partial charge in [-0.25, -0.2) is 0 Å². The van der Waals surface area contributed by atoms with Crippen molar-refractivity contribution in [1.82, 2.24) is 10.2 Å². The van der Waals surface area contributed by atoms with E-state index < -0.39 is 0 Å². The summed E-state index contributed by atoms with van der Waals surface area (Å²) in [7, 11) is 3.86. The second kappa shape index (κ2) is 7.48. The SMILES string of the molecule is COc1ccc(CN(C)CCC2COCCN2)cc1. The molecule has 19 heavy (non-hydrogen) atoms. The normalized spacial score (nSPS) is 19.6. The summed E-state index contributed by atoms with van der Waals surface area (Å²) in [6.07, 6.45) is 1.13. The van der Waals surface area contributed by atoms with E-state index >= 15 is 0 Å². The predicted molar refractivity (Wildman–Crippen MR) is 76.6 cm³/mol. The molecule has 0 bridgehead atoms. The van der Waals surface area contributed by atoms with Crippen LogP contribution in [0.4, 0.5) is 0 Å². The summed E-state index contributed by atoms with van der Waals surface area (Å²) in [5, 5.41) is 3.49. The molecular weight excluding hydrogens is 240 g/mol. The third-order valence-corrected chi connectivity index (χ3v) is 3.47. The van der Waals surface area contributed by atoms with Crippen molar-refractivity contribution >= 4 is 0 Å². The lowest BCUT2D eigenvalue weighted by atomic mass is 10.1. The van der Waals surface area contributed by atoms with Crippen molar-refractivity contribution in [2.75, 3.05) is 40.5 Å². The zero-order chi connectivity index (χ0) is 13.5. The Morgan fingerprint density at radius 1 is 1.37 bits per heavy atom. The fraction of sp³-hybridized carbons (Fsp3) is 0.600. The summed E-state index contributed by atoms with van der Waals surface area (Å²) in [5.41, 5.74) is 1.32. The first-order chi connectivity index (χ1) is 9.28. The van der Waals surface area contributed by atoms with Crippen molar-refractivity contribution in [3.05, 3.63) is 29.8 Å². The van der Waals surface area contributed by atoms with Gasteiger partial charge in [0, 0.05) is 19.1 Å². The maximum absolute atomic E-state index is 5.46. The minimum absolute atomic E-state index is 0.507. The molecule has 1 atom stereocenters. The van der Waals surface area contributed by atoms with Crippen molar-refractivity contribution in [3.63, 3.8) is 0 Å². The van der Waals surface area contributed by atoms with Gasteiger partial charge < -0.3 is 19.7 Å². The summed E-state index contributed by atoms with van der Waals surface area (Å²) in [4.78, 5) is 2.35. The Morgan fingerprint density at radius 3 is 2.79 bits per heavy atom. The molecule has 1 aliphatic rings. The van der Waals surface area contributed by atoms with E-state index in [4.69, 9.17) is 9.47 Å². The van der Waals surface area contributed by atoms with E-state index in [-0.39, 0.29) is 0 Å².